The lowest BCUT2D eigenvalue weighted by atomic mass is 10.1. The second kappa shape index (κ2) is 9.36. The Balaban J connectivity index is 1.30. The highest BCUT2D eigenvalue weighted by molar-refractivity contribution is 7.27. The highest BCUT2D eigenvalue weighted by Crippen LogP contribution is 2.47. The normalized spacial score (nSPS) is 12.0. The fourth-order valence-electron chi connectivity index (χ4n) is 7.10. The molecular formula is C40H24N4S. The Kier molecular flexibility index (Phi) is 5.12. The molecular weight excluding hydrogens is 569 g/mol. The number of fused-ring (bicyclic) bond motifs is 11. The van der Waals surface area contributed by atoms with E-state index in [0.29, 0.717) is 0 Å². The van der Waals surface area contributed by atoms with Gasteiger partial charge < -0.3 is 4.57 Å². The molecule has 0 radical (unpaired) electrons. The molecule has 10 rings (SSSR count). The zero-order valence-corrected chi connectivity index (χ0v) is 24.9. The van der Waals surface area contributed by atoms with Crippen LogP contribution in [0.2, 0.25) is 0 Å². The van der Waals surface area contributed by atoms with Gasteiger partial charge in [-0.15, -0.1) is 11.3 Å². The van der Waals surface area contributed by atoms with Crippen LogP contribution in [0.1, 0.15) is 0 Å². The summed E-state index contributed by atoms with van der Waals surface area (Å²) >= 11 is 1.91. The molecule has 0 aliphatic heterocycles. The molecule has 0 aliphatic carbocycles. The number of pyridine rings is 2. The van der Waals surface area contributed by atoms with Gasteiger partial charge in [-0.2, -0.15) is 0 Å². The van der Waals surface area contributed by atoms with Crippen LogP contribution in [0.4, 0.5) is 0 Å². The molecule has 0 saturated carbocycles. The largest absolute Gasteiger partial charge is 0.309 e. The quantitative estimate of drug-likeness (QED) is 0.205. The van der Waals surface area contributed by atoms with E-state index in [9.17, 15) is 0 Å². The van der Waals surface area contributed by atoms with E-state index in [2.05, 4.69) is 129 Å². The lowest BCUT2D eigenvalue weighted by molar-refractivity contribution is 1.08. The molecule has 5 aromatic carbocycles. The van der Waals surface area contributed by atoms with Gasteiger partial charge in [0.2, 0.25) is 0 Å². The van der Waals surface area contributed by atoms with E-state index in [-0.39, 0.29) is 0 Å². The summed E-state index contributed by atoms with van der Waals surface area (Å²) in [6.07, 6.45) is 1.82. The third kappa shape index (κ3) is 3.47. The van der Waals surface area contributed by atoms with Crippen molar-refractivity contribution in [1.82, 2.24) is 19.1 Å². The first-order valence-corrected chi connectivity index (χ1v) is 15.9. The Morgan fingerprint density at radius 2 is 1.02 bits per heavy atom. The molecule has 0 aliphatic rings. The average molecular weight is 593 g/mol. The Hall–Kier alpha value is -5.78. The predicted octanol–water partition coefficient (Wildman–Crippen LogP) is 10.7. The van der Waals surface area contributed by atoms with Crippen molar-refractivity contribution >= 4 is 75.1 Å². The zero-order valence-electron chi connectivity index (χ0n) is 24.1. The number of aromatic nitrogens is 4. The maximum absolute atomic E-state index is 5.12. The molecule has 45 heavy (non-hydrogen) atoms. The van der Waals surface area contributed by atoms with Crippen LogP contribution in [0, 0.1) is 0 Å². The summed E-state index contributed by atoms with van der Waals surface area (Å²) in [5.74, 6) is 0.887. The molecule has 5 heteroatoms. The monoisotopic (exact) mass is 592 g/mol. The Morgan fingerprint density at radius 1 is 0.422 bits per heavy atom. The van der Waals surface area contributed by atoms with Crippen molar-refractivity contribution in [2.75, 3.05) is 0 Å². The lowest BCUT2D eigenvalue weighted by Crippen LogP contribution is -1.98. The summed E-state index contributed by atoms with van der Waals surface area (Å²) in [7, 11) is 0. The summed E-state index contributed by atoms with van der Waals surface area (Å²) in [5, 5.41) is 7.69. The van der Waals surface area contributed by atoms with E-state index < -0.39 is 0 Å². The molecule has 210 valence electrons. The minimum Gasteiger partial charge on any atom is -0.309 e. The fraction of sp³-hybridized carbons (Fsp3) is 0. The molecule has 0 bridgehead atoms. The Morgan fingerprint density at radius 3 is 1.71 bits per heavy atom. The van der Waals surface area contributed by atoms with Crippen LogP contribution >= 0.6 is 11.3 Å². The van der Waals surface area contributed by atoms with Gasteiger partial charge in [0.1, 0.15) is 5.82 Å². The minimum atomic E-state index is 0.860. The van der Waals surface area contributed by atoms with Crippen molar-refractivity contribution in [3.05, 3.63) is 146 Å². The van der Waals surface area contributed by atoms with Crippen molar-refractivity contribution < 1.29 is 0 Å². The SMILES string of the molecule is c1ccc(-n2c3ccccc3c3c4sc5c(ccc6c5c5ccccc5n6-c5cccc(-c6ccccn6)n5)c4ccc32)cc1. The number of para-hydroxylation sites is 3. The minimum absolute atomic E-state index is 0.860. The van der Waals surface area contributed by atoms with Crippen molar-refractivity contribution in [2.45, 2.75) is 0 Å². The number of thiophene rings is 1. The first kappa shape index (κ1) is 24.6. The highest BCUT2D eigenvalue weighted by atomic mass is 32.1. The summed E-state index contributed by atoms with van der Waals surface area (Å²) in [6.45, 7) is 0. The van der Waals surface area contributed by atoms with E-state index in [4.69, 9.17) is 4.98 Å². The van der Waals surface area contributed by atoms with Gasteiger partial charge in [0.05, 0.1) is 33.5 Å². The topological polar surface area (TPSA) is 35.6 Å². The first-order chi connectivity index (χ1) is 22.3. The average Bonchev–Trinajstić information content (AvgIpc) is 3.76. The summed E-state index contributed by atoms with van der Waals surface area (Å²) < 4.78 is 7.34. The highest BCUT2D eigenvalue weighted by Gasteiger charge is 2.21. The molecule has 0 amide bonds. The smallest absolute Gasteiger partial charge is 0.138 e. The Bertz CT molecular complexity index is 2750. The molecule has 0 atom stereocenters. The summed E-state index contributed by atoms with van der Waals surface area (Å²) in [4.78, 5) is 9.67. The van der Waals surface area contributed by atoms with Crippen molar-refractivity contribution in [2.24, 2.45) is 0 Å². The summed E-state index contributed by atoms with van der Waals surface area (Å²) in [6, 6.07) is 49.5. The standard InChI is InChI=1S/C40H24N4S/c1-2-11-25(12-3-1)43-32-17-6-4-13-28(32)37-34(43)22-20-26-27-21-23-35-38(40(27)45-39(26)37)29-14-5-7-18-33(29)44(35)36-19-10-16-31(42-36)30-15-8-9-24-41-30/h1-24H. The van der Waals surface area contributed by atoms with E-state index >= 15 is 0 Å². The molecule has 4 nitrogen and oxygen atoms in total. The van der Waals surface area contributed by atoms with Crippen molar-refractivity contribution in [1.29, 1.82) is 0 Å². The van der Waals surface area contributed by atoms with E-state index in [0.717, 1.165) is 28.2 Å². The van der Waals surface area contributed by atoms with Gasteiger partial charge in [-0.25, -0.2) is 4.98 Å². The van der Waals surface area contributed by atoms with E-state index in [1.165, 1.54) is 58.4 Å². The third-order valence-corrected chi connectivity index (χ3v) is 10.2. The van der Waals surface area contributed by atoms with Gasteiger partial charge in [-0.1, -0.05) is 78.9 Å². The zero-order chi connectivity index (χ0) is 29.5. The number of benzene rings is 5. The van der Waals surface area contributed by atoms with Gasteiger partial charge in [0, 0.05) is 53.6 Å². The van der Waals surface area contributed by atoms with E-state index in [1.54, 1.807) is 0 Å². The molecule has 0 unspecified atom stereocenters. The lowest BCUT2D eigenvalue weighted by Gasteiger charge is -2.09. The van der Waals surface area contributed by atoms with Crippen LogP contribution in [-0.4, -0.2) is 19.1 Å². The number of nitrogens with zero attached hydrogens (tertiary/aromatic N) is 4. The molecule has 0 N–H and O–H groups in total. The second-order valence-corrected chi connectivity index (χ2v) is 12.4. The van der Waals surface area contributed by atoms with Gasteiger partial charge >= 0.3 is 0 Å². The number of hydrogen-bond acceptors (Lipinski definition) is 3. The summed E-state index contributed by atoms with van der Waals surface area (Å²) in [5.41, 5.74) is 7.66. The van der Waals surface area contributed by atoms with Gasteiger partial charge in [0.15, 0.2) is 0 Å². The predicted molar refractivity (Wildman–Crippen MR) is 189 cm³/mol. The molecule has 0 spiro atoms. The third-order valence-electron chi connectivity index (χ3n) is 8.98. The van der Waals surface area contributed by atoms with Crippen LogP contribution in [-0.2, 0) is 0 Å². The molecule has 5 aromatic heterocycles. The van der Waals surface area contributed by atoms with Gasteiger partial charge in [-0.3, -0.25) is 9.55 Å². The molecule has 10 aromatic rings. The van der Waals surface area contributed by atoms with Gasteiger partial charge in [-0.05, 0) is 60.7 Å². The van der Waals surface area contributed by atoms with Crippen LogP contribution in [0.3, 0.4) is 0 Å². The molecule has 5 heterocycles. The van der Waals surface area contributed by atoms with Crippen molar-refractivity contribution in [3.63, 3.8) is 0 Å². The van der Waals surface area contributed by atoms with Crippen LogP contribution in [0.25, 0.3) is 86.7 Å². The maximum Gasteiger partial charge on any atom is 0.138 e. The molecule has 0 saturated heterocycles. The number of hydrogen-bond donors (Lipinski definition) is 0. The van der Waals surface area contributed by atoms with Crippen LogP contribution in [0.15, 0.2) is 146 Å². The molecule has 0 fully saturated rings. The Labute approximate surface area is 262 Å². The first-order valence-electron chi connectivity index (χ1n) is 15.1. The van der Waals surface area contributed by atoms with Crippen molar-refractivity contribution in [3.8, 4) is 22.9 Å². The second-order valence-electron chi connectivity index (χ2n) is 11.4. The van der Waals surface area contributed by atoms with E-state index in [1.807, 2.05) is 41.8 Å². The number of rotatable bonds is 3. The fourth-order valence-corrected chi connectivity index (χ4v) is 8.52. The van der Waals surface area contributed by atoms with Gasteiger partial charge in [0.25, 0.3) is 0 Å². The van der Waals surface area contributed by atoms with Crippen LogP contribution in [0.5, 0.6) is 0 Å². The maximum atomic E-state index is 5.12. The van der Waals surface area contributed by atoms with Crippen LogP contribution < -0.4 is 0 Å².